The van der Waals surface area contributed by atoms with Crippen LogP contribution in [0.3, 0.4) is 0 Å². The zero-order valence-electron chi connectivity index (χ0n) is 8.37. The first kappa shape index (κ1) is 11.2. The van der Waals surface area contributed by atoms with Gasteiger partial charge < -0.3 is 9.52 Å². The molecule has 1 rings (SSSR count). The summed E-state index contributed by atoms with van der Waals surface area (Å²) in [4.78, 5) is 10.7. The van der Waals surface area contributed by atoms with E-state index in [9.17, 15) is 4.79 Å². The molecule has 1 N–H and O–H groups in total. The Morgan fingerprint density at radius 2 is 2.36 bits per heavy atom. The number of rotatable bonds is 5. The second-order valence-corrected chi connectivity index (χ2v) is 4.15. The standard InChI is InChI=1S/C10H14O3S/c1-3-4-14-6-8-5-9(10(11)12)7(2)13-8/h5H,3-4,6H2,1-2H3,(H,11,12). The fourth-order valence-electron chi connectivity index (χ4n) is 1.14. The summed E-state index contributed by atoms with van der Waals surface area (Å²) in [7, 11) is 0. The zero-order chi connectivity index (χ0) is 10.6. The van der Waals surface area contributed by atoms with Gasteiger partial charge in [0.15, 0.2) is 0 Å². The van der Waals surface area contributed by atoms with E-state index in [-0.39, 0.29) is 5.56 Å². The summed E-state index contributed by atoms with van der Waals surface area (Å²) in [6, 6.07) is 1.61. The second-order valence-electron chi connectivity index (χ2n) is 3.04. The summed E-state index contributed by atoms with van der Waals surface area (Å²) >= 11 is 1.75. The first-order valence-electron chi connectivity index (χ1n) is 4.55. The van der Waals surface area contributed by atoms with Crippen molar-refractivity contribution in [2.24, 2.45) is 0 Å². The van der Waals surface area contributed by atoms with E-state index in [4.69, 9.17) is 9.52 Å². The molecule has 0 atom stereocenters. The van der Waals surface area contributed by atoms with Crippen LogP contribution >= 0.6 is 11.8 Å². The van der Waals surface area contributed by atoms with Gasteiger partial charge in [0, 0.05) is 0 Å². The monoisotopic (exact) mass is 214 g/mol. The van der Waals surface area contributed by atoms with Crippen molar-refractivity contribution in [2.45, 2.75) is 26.0 Å². The Morgan fingerprint density at radius 3 is 2.86 bits per heavy atom. The third kappa shape index (κ3) is 2.80. The lowest BCUT2D eigenvalue weighted by Gasteiger charge is -1.94. The van der Waals surface area contributed by atoms with Gasteiger partial charge >= 0.3 is 5.97 Å². The van der Waals surface area contributed by atoms with Crippen LogP contribution in [-0.2, 0) is 5.75 Å². The fourth-order valence-corrected chi connectivity index (χ4v) is 1.92. The van der Waals surface area contributed by atoms with Gasteiger partial charge in [-0.25, -0.2) is 4.79 Å². The van der Waals surface area contributed by atoms with Gasteiger partial charge in [0.25, 0.3) is 0 Å². The summed E-state index contributed by atoms with van der Waals surface area (Å²) in [6.45, 7) is 3.79. The molecule has 0 unspecified atom stereocenters. The highest BCUT2D eigenvalue weighted by atomic mass is 32.2. The summed E-state index contributed by atoms with van der Waals surface area (Å²) in [5.41, 5.74) is 0.275. The lowest BCUT2D eigenvalue weighted by Crippen LogP contribution is -1.94. The Hall–Kier alpha value is -0.900. The molecule has 0 radical (unpaired) electrons. The topological polar surface area (TPSA) is 50.4 Å². The Bertz CT molecular complexity index is 317. The minimum atomic E-state index is -0.919. The van der Waals surface area contributed by atoms with E-state index in [1.54, 1.807) is 24.8 Å². The van der Waals surface area contributed by atoms with Crippen molar-refractivity contribution in [3.63, 3.8) is 0 Å². The smallest absolute Gasteiger partial charge is 0.339 e. The number of aryl methyl sites for hydroxylation is 1. The van der Waals surface area contributed by atoms with Crippen molar-refractivity contribution in [1.82, 2.24) is 0 Å². The Balaban J connectivity index is 2.62. The van der Waals surface area contributed by atoms with Crippen molar-refractivity contribution in [2.75, 3.05) is 5.75 Å². The van der Waals surface area contributed by atoms with Crippen LogP contribution in [0.4, 0.5) is 0 Å². The van der Waals surface area contributed by atoms with Gasteiger partial charge in [-0.3, -0.25) is 0 Å². The van der Waals surface area contributed by atoms with Crippen molar-refractivity contribution >= 4 is 17.7 Å². The Labute approximate surface area is 87.5 Å². The number of carboxylic acids is 1. The van der Waals surface area contributed by atoms with Gasteiger partial charge in [-0.15, -0.1) is 0 Å². The lowest BCUT2D eigenvalue weighted by atomic mass is 10.2. The van der Waals surface area contributed by atoms with Crippen molar-refractivity contribution in [1.29, 1.82) is 0 Å². The number of thioether (sulfide) groups is 1. The number of aromatic carboxylic acids is 1. The number of hydrogen-bond acceptors (Lipinski definition) is 3. The van der Waals surface area contributed by atoms with Crippen LogP contribution in [0.1, 0.15) is 35.2 Å². The van der Waals surface area contributed by atoms with E-state index in [1.165, 1.54) is 0 Å². The summed E-state index contributed by atoms with van der Waals surface area (Å²) in [5.74, 6) is 2.14. The summed E-state index contributed by atoms with van der Waals surface area (Å²) < 4.78 is 5.32. The normalized spacial score (nSPS) is 10.4. The van der Waals surface area contributed by atoms with Gasteiger partial charge in [-0.2, -0.15) is 11.8 Å². The summed E-state index contributed by atoms with van der Waals surface area (Å²) in [6.07, 6.45) is 1.12. The first-order valence-corrected chi connectivity index (χ1v) is 5.71. The van der Waals surface area contributed by atoms with Gasteiger partial charge in [0.05, 0.1) is 5.75 Å². The first-order chi connectivity index (χ1) is 6.65. The highest BCUT2D eigenvalue weighted by molar-refractivity contribution is 7.98. The van der Waals surface area contributed by atoms with E-state index in [0.29, 0.717) is 5.76 Å². The van der Waals surface area contributed by atoms with E-state index >= 15 is 0 Å². The highest BCUT2D eigenvalue weighted by Gasteiger charge is 2.12. The molecule has 3 nitrogen and oxygen atoms in total. The van der Waals surface area contributed by atoms with Crippen LogP contribution in [0, 0.1) is 6.92 Å². The molecule has 0 amide bonds. The largest absolute Gasteiger partial charge is 0.478 e. The van der Waals surface area contributed by atoms with Crippen molar-refractivity contribution < 1.29 is 14.3 Å². The molecule has 1 aromatic heterocycles. The molecule has 0 saturated heterocycles. The lowest BCUT2D eigenvalue weighted by molar-refractivity contribution is 0.0695. The van der Waals surface area contributed by atoms with Crippen LogP contribution in [0.5, 0.6) is 0 Å². The molecule has 0 aliphatic heterocycles. The molecule has 0 aromatic carbocycles. The van der Waals surface area contributed by atoms with E-state index in [1.807, 2.05) is 0 Å². The molecule has 14 heavy (non-hydrogen) atoms. The number of hydrogen-bond donors (Lipinski definition) is 1. The minimum absolute atomic E-state index is 0.275. The van der Waals surface area contributed by atoms with Crippen molar-refractivity contribution in [3.05, 3.63) is 23.2 Å². The van der Waals surface area contributed by atoms with Gasteiger partial charge in [-0.05, 0) is 25.2 Å². The SMILES string of the molecule is CCCSCc1cc(C(=O)O)c(C)o1. The highest BCUT2D eigenvalue weighted by Crippen LogP contribution is 2.19. The molecule has 0 saturated carbocycles. The maximum Gasteiger partial charge on any atom is 0.339 e. The Morgan fingerprint density at radius 1 is 1.64 bits per heavy atom. The number of carboxylic acid groups (broad SMARTS) is 1. The van der Waals surface area contributed by atoms with Crippen LogP contribution in [0.15, 0.2) is 10.5 Å². The minimum Gasteiger partial charge on any atom is -0.478 e. The van der Waals surface area contributed by atoms with E-state index in [0.717, 1.165) is 23.7 Å². The fraction of sp³-hybridized carbons (Fsp3) is 0.500. The van der Waals surface area contributed by atoms with E-state index in [2.05, 4.69) is 6.92 Å². The van der Waals surface area contributed by atoms with Crippen LogP contribution in [-0.4, -0.2) is 16.8 Å². The maximum atomic E-state index is 10.7. The van der Waals surface area contributed by atoms with Crippen LogP contribution in [0.25, 0.3) is 0 Å². The number of furan rings is 1. The molecule has 0 fully saturated rings. The average molecular weight is 214 g/mol. The third-order valence-electron chi connectivity index (χ3n) is 1.79. The molecule has 0 spiro atoms. The Kier molecular flexibility index (Phi) is 4.07. The quantitative estimate of drug-likeness (QED) is 0.766. The zero-order valence-corrected chi connectivity index (χ0v) is 9.19. The molecule has 1 aromatic rings. The van der Waals surface area contributed by atoms with Gasteiger partial charge in [0.1, 0.15) is 17.1 Å². The van der Waals surface area contributed by atoms with Gasteiger partial charge in [0.2, 0.25) is 0 Å². The number of carbonyl (C=O) groups is 1. The van der Waals surface area contributed by atoms with Gasteiger partial charge in [-0.1, -0.05) is 6.92 Å². The molecular weight excluding hydrogens is 200 g/mol. The molecule has 4 heteroatoms. The molecular formula is C10H14O3S. The third-order valence-corrected chi connectivity index (χ3v) is 2.98. The average Bonchev–Trinajstić information content (AvgIpc) is 2.47. The molecule has 0 aliphatic carbocycles. The predicted octanol–water partition coefficient (Wildman–Crippen LogP) is 2.93. The van der Waals surface area contributed by atoms with Crippen molar-refractivity contribution in [3.8, 4) is 0 Å². The summed E-state index contributed by atoms with van der Waals surface area (Å²) in [5, 5.41) is 8.78. The molecule has 0 aliphatic rings. The molecule has 78 valence electrons. The molecule has 0 bridgehead atoms. The predicted molar refractivity (Wildman–Crippen MR) is 56.9 cm³/mol. The van der Waals surface area contributed by atoms with Crippen LogP contribution in [0.2, 0.25) is 0 Å². The maximum absolute atomic E-state index is 10.7. The van der Waals surface area contributed by atoms with E-state index < -0.39 is 5.97 Å². The molecule has 1 heterocycles. The second kappa shape index (κ2) is 5.10. The van der Waals surface area contributed by atoms with Crippen LogP contribution < -0.4 is 0 Å².